The predicted octanol–water partition coefficient (Wildman–Crippen LogP) is -0.307. The maximum atomic E-state index is 11.6. The van der Waals surface area contributed by atoms with Crippen LogP contribution < -0.4 is 10.0 Å². The molecule has 0 aromatic heterocycles. The lowest BCUT2D eigenvalue weighted by Crippen LogP contribution is -2.47. The number of hydrogen-bond acceptors (Lipinski definition) is 4. The first kappa shape index (κ1) is 12.9. The highest BCUT2D eigenvalue weighted by Crippen LogP contribution is 2.04. The Balaban J connectivity index is 2.40. The molecule has 1 fully saturated rings. The molecule has 0 amide bonds. The van der Waals surface area contributed by atoms with Crippen LogP contribution in [0.4, 0.5) is 0 Å². The summed E-state index contributed by atoms with van der Waals surface area (Å²) in [4.78, 5) is 0. The molecule has 2 N–H and O–H groups in total. The fourth-order valence-electron chi connectivity index (χ4n) is 1.63. The molecule has 0 bridgehead atoms. The summed E-state index contributed by atoms with van der Waals surface area (Å²) in [5.74, 6) is 0.0278. The van der Waals surface area contributed by atoms with Gasteiger partial charge < -0.3 is 10.1 Å². The standard InChI is InChI=1S/C9H20N2O3S/c1-8(14-2)7-15(12,13)11-9-4-3-5-10-6-9/h8-11H,3-7H2,1-2H3. The second-order valence-electron chi connectivity index (χ2n) is 3.99. The van der Waals surface area contributed by atoms with Crippen molar-refractivity contribution in [2.45, 2.75) is 31.9 Å². The molecule has 1 rings (SSSR count). The van der Waals surface area contributed by atoms with Crippen molar-refractivity contribution in [3.05, 3.63) is 0 Å². The van der Waals surface area contributed by atoms with E-state index in [0.29, 0.717) is 0 Å². The molecular weight excluding hydrogens is 216 g/mol. The van der Waals surface area contributed by atoms with Gasteiger partial charge in [0, 0.05) is 19.7 Å². The van der Waals surface area contributed by atoms with Crippen LogP contribution in [0.15, 0.2) is 0 Å². The van der Waals surface area contributed by atoms with Crippen LogP contribution in [0, 0.1) is 0 Å². The fraction of sp³-hybridized carbons (Fsp3) is 1.00. The Bertz CT molecular complexity index is 273. The minimum Gasteiger partial charge on any atom is -0.381 e. The zero-order valence-corrected chi connectivity index (χ0v) is 10.1. The number of piperidine rings is 1. The van der Waals surface area contributed by atoms with Crippen molar-refractivity contribution in [2.75, 3.05) is 26.0 Å². The Labute approximate surface area is 91.6 Å². The van der Waals surface area contributed by atoms with Crippen molar-refractivity contribution in [2.24, 2.45) is 0 Å². The van der Waals surface area contributed by atoms with E-state index in [1.165, 1.54) is 7.11 Å². The van der Waals surface area contributed by atoms with Crippen LogP contribution in [-0.4, -0.2) is 46.5 Å². The smallest absolute Gasteiger partial charge is 0.214 e. The topological polar surface area (TPSA) is 67.4 Å². The zero-order valence-electron chi connectivity index (χ0n) is 9.32. The quantitative estimate of drug-likeness (QED) is 0.687. The molecule has 1 aliphatic heterocycles. The highest BCUT2D eigenvalue weighted by atomic mass is 32.2. The highest BCUT2D eigenvalue weighted by molar-refractivity contribution is 7.89. The molecule has 0 spiro atoms. The van der Waals surface area contributed by atoms with E-state index in [-0.39, 0.29) is 17.9 Å². The van der Waals surface area contributed by atoms with Gasteiger partial charge in [0.25, 0.3) is 0 Å². The minimum atomic E-state index is -3.21. The summed E-state index contributed by atoms with van der Waals surface area (Å²) in [5, 5.41) is 3.17. The molecule has 0 aromatic rings. The molecule has 1 saturated heterocycles. The summed E-state index contributed by atoms with van der Waals surface area (Å²) in [6.07, 6.45) is 1.67. The number of hydrogen-bond donors (Lipinski definition) is 2. The van der Waals surface area contributed by atoms with Crippen molar-refractivity contribution in [1.82, 2.24) is 10.0 Å². The fourth-order valence-corrected chi connectivity index (χ4v) is 3.19. The van der Waals surface area contributed by atoms with Crippen LogP contribution in [0.25, 0.3) is 0 Å². The van der Waals surface area contributed by atoms with Crippen LogP contribution in [0.1, 0.15) is 19.8 Å². The molecule has 1 aliphatic rings. The lowest BCUT2D eigenvalue weighted by atomic mass is 10.1. The van der Waals surface area contributed by atoms with Gasteiger partial charge in [0.05, 0.1) is 11.9 Å². The summed E-state index contributed by atoms with van der Waals surface area (Å²) in [7, 11) is -1.69. The average Bonchev–Trinajstić information content (AvgIpc) is 2.17. The third kappa shape index (κ3) is 4.92. The first-order valence-electron chi connectivity index (χ1n) is 5.27. The molecule has 6 heteroatoms. The van der Waals surface area contributed by atoms with Crippen molar-refractivity contribution in [1.29, 1.82) is 0 Å². The molecule has 2 atom stereocenters. The molecule has 0 radical (unpaired) electrons. The summed E-state index contributed by atoms with van der Waals surface area (Å²) >= 11 is 0. The molecule has 5 nitrogen and oxygen atoms in total. The lowest BCUT2D eigenvalue weighted by molar-refractivity contribution is 0.136. The third-order valence-corrected chi connectivity index (χ3v) is 4.10. The Hall–Kier alpha value is -0.170. The SMILES string of the molecule is COC(C)CS(=O)(=O)NC1CCCNC1. The van der Waals surface area contributed by atoms with E-state index in [1.807, 2.05) is 0 Å². The summed E-state index contributed by atoms with van der Waals surface area (Å²) < 4.78 is 30.9. The third-order valence-electron chi connectivity index (χ3n) is 2.50. The minimum absolute atomic E-state index is 0.0278. The van der Waals surface area contributed by atoms with Crippen molar-refractivity contribution in [3.8, 4) is 0 Å². The van der Waals surface area contributed by atoms with Gasteiger partial charge >= 0.3 is 0 Å². The van der Waals surface area contributed by atoms with E-state index < -0.39 is 10.0 Å². The molecule has 1 heterocycles. The molecule has 0 aromatic carbocycles. The van der Waals surface area contributed by atoms with Crippen LogP contribution in [0.3, 0.4) is 0 Å². The summed E-state index contributed by atoms with van der Waals surface area (Å²) in [5.41, 5.74) is 0. The van der Waals surface area contributed by atoms with Crippen molar-refractivity contribution < 1.29 is 13.2 Å². The second-order valence-corrected chi connectivity index (χ2v) is 5.79. The molecule has 0 aliphatic carbocycles. The van der Waals surface area contributed by atoms with Gasteiger partial charge in [0.15, 0.2) is 0 Å². The first-order valence-corrected chi connectivity index (χ1v) is 6.92. The normalized spacial score (nSPS) is 25.1. The van der Waals surface area contributed by atoms with Crippen molar-refractivity contribution >= 4 is 10.0 Å². The number of sulfonamides is 1. The highest BCUT2D eigenvalue weighted by Gasteiger charge is 2.21. The van der Waals surface area contributed by atoms with Crippen molar-refractivity contribution in [3.63, 3.8) is 0 Å². The summed E-state index contributed by atoms with van der Waals surface area (Å²) in [6.45, 7) is 3.45. The largest absolute Gasteiger partial charge is 0.381 e. The molecular formula is C9H20N2O3S. The molecule has 2 unspecified atom stereocenters. The van der Waals surface area contributed by atoms with E-state index in [4.69, 9.17) is 4.74 Å². The molecule has 15 heavy (non-hydrogen) atoms. The van der Waals surface area contributed by atoms with Gasteiger partial charge in [-0.2, -0.15) is 0 Å². The number of ether oxygens (including phenoxy) is 1. The van der Waals surface area contributed by atoms with Crippen LogP contribution in [0.2, 0.25) is 0 Å². The monoisotopic (exact) mass is 236 g/mol. The van der Waals surface area contributed by atoms with Gasteiger partial charge in [0.2, 0.25) is 10.0 Å². The van der Waals surface area contributed by atoms with Gasteiger partial charge in [-0.1, -0.05) is 0 Å². The molecule has 0 saturated carbocycles. The Morgan fingerprint density at radius 2 is 2.33 bits per heavy atom. The summed E-state index contributed by atoms with van der Waals surface area (Å²) in [6, 6.07) is 0.0350. The number of methoxy groups -OCH3 is 1. The second kappa shape index (κ2) is 5.79. The van der Waals surface area contributed by atoms with Gasteiger partial charge in [0.1, 0.15) is 0 Å². The predicted molar refractivity (Wildman–Crippen MR) is 59.3 cm³/mol. The Kier molecular flexibility index (Phi) is 4.98. The first-order chi connectivity index (χ1) is 7.03. The van der Waals surface area contributed by atoms with E-state index in [1.54, 1.807) is 6.92 Å². The number of rotatable bonds is 5. The number of nitrogens with one attached hydrogen (secondary N) is 2. The van der Waals surface area contributed by atoms with E-state index in [0.717, 1.165) is 25.9 Å². The van der Waals surface area contributed by atoms with Crippen LogP contribution in [-0.2, 0) is 14.8 Å². The lowest BCUT2D eigenvalue weighted by Gasteiger charge is -2.24. The zero-order chi connectivity index (χ0) is 11.3. The van der Waals surface area contributed by atoms with Gasteiger partial charge in [-0.3, -0.25) is 0 Å². The van der Waals surface area contributed by atoms with Gasteiger partial charge in [-0.05, 0) is 26.3 Å². The molecule has 90 valence electrons. The Morgan fingerprint density at radius 3 is 2.87 bits per heavy atom. The van der Waals surface area contributed by atoms with Gasteiger partial charge in [-0.15, -0.1) is 0 Å². The van der Waals surface area contributed by atoms with Gasteiger partial charge in [-0.25, -0.2) is 13.1 Å². The van der Waals surface area contributed by atoms with Crippen LogP contribution >= 0.6 is 0 Å². The van der Waals surface area contributed by atoms with E-state index >= 15 is 0 Å². The maximum absolute atomic E-state index is 11.6. The average molecular weight is 236 g/mol. The maximum Gasteiger partial charge on any atom is 0.214 e. The van der Waals surface area contributed by atoms with E-state index in [9.17, 15) is 8.42 Å². The van der Waals surface area contributed by atoms with Crippen LogP contribution in [0.5, 0.6) is 0 Å². The van der Waals surface area contributed by atoms with E-state index in [2.05, 4.69) is 10.0 Å². The Morgan fingerprint density at radius 1 is 1.60 bits per heavy atom.